The molecule has 1 saturated carbocycles. The minimum absolute atomic E-state index is 0. The molecular weight excluding hydrogens is 499 g/mol. The number of rotatable bonds is 7. The number of aromatic nitrogens is 6. The van der Waals surface area contributed by atoms with Crippen LogP contribution in [-0.2, 0) is 23.7 Å². The molecule has 1 aliphatic carbocycles. The van der Waals surface area contributed by atoms with E-state index in [0.29, 0.717) is 25.2 Å². The van der Waals surface area contributed by atoms with Crippen LogP contribution in [0.15, 0.2) is 55.2 Å². The molecule has 5 rings (SSSR count). The summed E-state index contributed by atoms with van der Waals surface area (Å²) in [6.45, 7) is 4.21. The predicted octanol–water partition coefficient (Wildman–Crippen LogP) is 5.01. The lowest BCUT2D eigenvalue weighted by Gasteiger charge is -2.10. The van der Waals surface area contributed by atoms with E-state index < -0.39 is 11.4 Å². The number of halogens is 2. The first-order chi connectivity index (χ1) is 16.4. The van der Waals surface area contributed by atoms with E-state index in [9.17, 15) is 9.90 Å². The van der Waals surface area contributed by atoms with Crippen LogP contribution in [0.5, 0.6) is 0 Å². The number of aryl methyl sites for hydroxylation is 1. The molecular formula is C26H28Cl2N6O2. The van der Waals surface area contributed by atoms with E-state index in [4.69, 9.17) is 4.98 Å². The fraction of sp³-hybridized carbons (Fsp3) is 0.308. The summed E-state index contributed by atoms with van der Waals surface area (Å²) in [7, 11) is 1.92. The fourth-order valence-corrected chi connectivity index (χ4v) is 4.15. The smallest absolute Gasteiger partial charge is 0.314 e. The van der Waals surface area contributed by atoms with Gasteiger partial charge in [0, 0.05) is 49.4 Å². The largest absolute Gasteiger partial charge is 0.481 e. The Morgan fingerprint density at radius 2 is 1.72 bits per heavy atom. The molecule has 0 aromatic carbocycles. The Morgan fingerprint density at radius 1 is 1.00 bits per heavy atom. The Hall–Kier alpha value is -3.36. The van der Waals surface area contributed by atoms with Gasteiger partial charge in [0.1, 0.15) is 0 Å². The van der Waals surface area contributed by atoms with Gasteiger partial charge in [-0.25, -0.2) is 0 Å². The van der Waals surface area contributed by atoms with Gasteiger partial charge in [0.15, 0.2) is 0 Å². The topological polar surface area (TPSA) is 107 Å². The number of nitrogens with zero attached hydrogens (tertiary/aromatic N) is 6. The first kappa shape index (κ1) is 27.2. The number of hydrogen-bond donors (Lipinski definition) is 1. The van der Waals surface area contributed by atoms with Crippen LogP contribution in [0.25, 0.3) is 22.5 Å². The molecule has 188 valence electrons. The Bertz CT molecular complexity index is 1350. The predicted molar refractivity (Wildman–Crippen MR) is 142 cm³/mol. The Morgan fingerprint density at radius 3 is 2.31 bits per heavy atom. The normalized spacial score (nSPS) is 13.6. The molecule has 0 amide bonds. The van der Waals surface area contributed by atoms with Crippen LogP contribution in [0.2, 0.25) is 0 Å². The van der Waals surface area contributed by atoms with Crippen molar-refractivity contribution in [1.82, 2.24) is 29.7 Å². The van der Waals surface area contributed by atoms with Crippen LogP contribution in [-0.4, -0.2) is 40.8 Å². The summed E-state index contributed by atoms with van der Waals surface area (Å²) in [4.78, 5) is 29.8. The molecule has 0 unspecified atom stereocenters. The highest BCUT2D eigenvalue weighted by molar-refractivity contribution is 5.86. The van der Waals surface area contributed by atoms with E-state index in [2.05, 4.69) is 33.9 Å². The minimum Gasteiger partial charge on any atom is -0.481 e. The van der Waals surface area contributed by atoms with Gasteiger partial charge in [-0.05, 0) is 42.5 Å². The van der Waals surface area contributed by atoms with E-state index >= 15 is 0 Å². The van der Waals surface area contributed by atoms with E-state index in [1.54, 1.807) is 18.6 Å². The average molecular weight is 527 g/mol. The molecule has 10 heteroatoms. The van der Waals surface area contributed by atoms with E-state index in [-0.39, 0.29) is 24.8 Å². The lowest BCUT2D eigenvalue weighted by atomic mass is 9.97. The molecule has 1 N–H and O–H groups in total. The van der Waals surface area contributed by atoms with Crippen molar-refractivity contribution in [1.29, 1.82) is 0 Å². The van der Waals surface area contributed by atoms with Crippen molar-refractivity contribution in [2.45, 2.75) is 44.4 Å². The van der Waals surface area contributed by atoms with Crippen LogP contribution in [0, 0.1) is 0 Å². The van der Waals surface area contributed by atoms with Crippen molar-refractivity contribution >= 4 is 30.8 Å². The highest BCUT2D eigenvalue weighted by Crippen LogP contribution is 2.48. The molecule has 0 aliphatic heterocycles. The molecule has 4 heterocycles. The van der Waals surface area contributed by atoms with Gasteiger partial charge in [-0.15, -0.1) is 24.8 Å². The summed E-state index contributed by atoms with van der Waals surface area (Å²) in [5.41, 5.74) is 6.30. The number of carbonyl (C=O) groups is 1. The van der Waals surface area contributed by atoms with Gasteiger partial charge in [0.25, 0.3) is 0 Å². The zero-order valence-corrected chi connectivity index (χ0v) is 21.9. The third kappa shape index (κ3) is 5.10. The summed E-state index contributed by atoms with van der Waals surface area (Å²) in [5, 5.41) is 13.9. The van der Waals surface area contributed by atoms with Gasteiger partial charge in [0.2, 0.25) is 0 Å². The molecule has 0 bridgehead atoms. The van der Waals surface area contributed by atoms with Crippen LogP contribution < -0.4 is 0 Å². The number of carboxylic acid groups (broad SMARTS) is 1. The lowest BCUT2D eigenvalue weighted by molar-refractivity contribution is -0.140. The van der Waals surface area contributed by atoms with E-state index in [1.165, 1.54) is 0 Å². The third-order valence-corrected chi connectivity index (χ3v) is 6.52. The maximum atomic E-state index is 11.6. The molecule has 4 aromatic heterocycles. The van der Waals surface area contributed by atoms with Crippen LogP contribution in [0.4, 0.5) is 0 Å². The highest BCUT2D eigenvalue weighted by atomic mass is 35.5. The molecule has 1 aliphatic rings. The maximum Gasteiger partial charge on any atom is 0.314 e. The van der Waals surface area contributed by atoms with Crippen molar-refractivity contribution in [3.8, 4) is 22.5 Å². The van der Waals surface area contributed by atoms with Gasteiger partial charge in [-0.3, -0.25) is 29.4 Å². The molecule has 0 saturated heterocycles. The van der Waals surface area contributed by atoms with Crippen molar-refractivity contribution < 1.29 is 9.90 Å². The monoisotopic (exact) mass is 526 g/mol. The van der Waals surface area contributed by atoms with Crippen molar-refractivity contribution in [2.75, 3.05) is 0 Å². The Balaban J connectivity index is 0.00000180. The zero-order chi connectivity index (χ0) is 23.9. The summed E-state index contributed by atoms with van der Waals surface area (Å²) in [6.07, 6.45) is 10.8. The van der Waals surface area contributed by atoms with Gasteiger partial charge < -0.3 is 5.11 Å². The minimum atomic E-state index is -0.776. The first-order valence-electron chi connectivity index (χ1n) is 11.4. The Kier molecular flexibility index (Phi) is 8.11. The fourth-order valence-electron chi connectivity index (χ4n) is 4.15. The summed E-state index contributed by atoms with van der Waals surface area (Å²) in [6, 6.07) is 7.67. The standard InChI is InChI=1S/C26H26N6O2.2ClH/c1-16(2)23-15-27-13-19(31-23)10-24-20(14-30-32(24)3)22-6-4-17(11-28-22)21-7-5-18(12-29-21)26(8-9-26)25(33)34;;/h4-7,11-16H,8-10H2,1-3H3,(H,33,34);2*1H. The quantitative estimate of drug-likeness (QED) is 0.360. The molecule has 4 aromatic rings. The molecule has 0 atom stereocenters. The first-order valence-corrected chi connectivity index (χ1v) is 11.4. The maximum absolute atomic E-state index is 11.6. The summed E-state index contributed by atoms with van der Waals surface area (Å²) >= 11 is 0. The number of pyridine rings is 2. The number of carboxylic acids is 1. The molecule has 1 fully saturated rings. The Labute approximate surface area is 222 Å². The highest BCUT2D eigenvalue weighted by Gasteiger charge is 2.51. The van der Waals surface area contributed by atoms with Crippen molar-refractivity contribution in [3.05, 3.63) is 77.9 Å². The summed E-state index contributed by atoms with van der Waals surface area (Å²) < 4.78 is 1.85. The van der Waals surface area contributed by atoms with Crippen LogP contribution >= 0.6 is 24.8 Å². The van der Waals surface area contributed by atoms with Gasteiger partial charge in [0.05, 0.1) is 40.1 Å². The molecule has 0 spiro atoms. The molecule has 0 radical (unpaired) electrons. The second-order valence-corrected chi connectivity index (χ2v) is 9.15. The van der Waals surface area contributed by atoms with Gasteiger partial charge >= 0.3 is 5.97 Å². The van der Waals surface area contributed by atoms with E-state index in [1.807, 2.05) is 48.4 Å². The average Bonchev–Trinajstić information content (AvgIpc) is 3.59. The lowest BCUT2D eigenvalue weighted by Crippen LogP contribution is -2.19. The summed E-state index contributed by atoms with van der Waals surface area (Å²) in [5.74, 6) is -0.462. The van der Waals surface area contributed by atoms with Crippen LogP contribution in [0.3, 0.4) is 0 Å². The van der Waals surface area contributed by atoms with Crippen molar-refractivity contribution in [2.24, 2.45) is 7.05 Å². The van der Waals surface area contributed by atoms with Gasteiger partial charge in [-0.2, -0.15) is 5.10 Å². The van der Waals surface area contributed by atoms with E-state index in [0.717, 1.165) is 45.2 Å². The number of hydrogen-bond acceptors (Lipinski definition) is 6. The molecule has 36 heavy (non-hydrogen) atoms. The van der Waals surface area contributed by atoms with Crippen LogP contribution in [0.1, 0.15) is 55.3 Å². The SMILES string of the molecule is CC(C)c1cncc(Cc2c(-c3ccc(-c4ccc(C5(C(=O)O)CC5)cn4)cn3)cnn2C)n1.Cl.Cl. The molecule has 8 nitrogen and oxygen atoms in total. The second-order valence-electron chi connectivity index (χ2n) is 9.15. The zero-order valence-electron chi connectivity index (χ0n) is 20.3. The third-order valence-electron chi connectivity index (χ3n) is 6.52. The second kappa shape index (κ2) is 10.7. The van der Waals surface area contributed by atoms with Crippen molar-refractivity contribution in [3.63, 3.8) is 0 Å². The van der Waals surface area contributed by atoms with Gasteiger partial charge in [-0.1, -0.05) is 19.9 Å². The number of aliphatic carboxylic acids is 1.